The molecule has 1 aromatic carbocycles. The van der Waals surface area contributed by atoms with Crippen LogP contribution in [0, 0.1) is 17.2 Å². The van der Waals surface area contributed by atoms with E-state index in [9.17, 15) is 13.2 Å². The van der Waals surface area contributed by atoms with Gasteiger partial charge in [0.15, 0.2) is 5.78 Å². The van der Waals surface area contributed by atoms with Crippen molar-refractivity contribution in [3.63, 3.8) is 0 Å². The molecule has 100 valence electrons. The van der Waals surface area contributed by atoms with Gasteiger partial charge < -0.3 is 0 Å². The first-order chi connectivity index (χ1) is 8.94. The summed E-state index contributed by atoms with van der Waals surface area (Å²) in [5.41, 5.74) is 0.336. The molecule has 0 saturated heterocycles. The second-order valence-corrected chi connectivity index (χ2v) is 6.36. The zero-order valence-electron chi connectivity index (χ0n) is 10.5. The number of rotatable bonds is 5. The number of Topliss-reactive ketones (excluding diaryl/α,β-unsaturated/α-hetero) is 1. The Morgan fingerprint density at radius 2 is 2.16 bits per heavy atom. The summed E-state index contributed by atoms with van der Waals surface area (Å²) in [6.07, 6.45) is 1.74. The minimum absolute atomic E-state index is 0.0149. The lowest BCUT2D eigenvalue weighted by molar-refractivity contribution is 0.101. The summed E-state index contributed by atoms with van der Waals surface area (Å²) in [6.45, 7) is 1.38. The molecule has 1 N–H and O–H groups in total. The SMILES string of the molecule is CC(=O)c1cccc(S(=O)(=O)NC(C#N)C2CC2)c1. The summed E-state index contributed by atoms with van der Waals surface area (Å²) in [7, 11) is -3.76. The van der Waals surface area contributed by atoms with Gasteiger partial charge in [0, 0.05) is 5.56 Å². The topological polar surface area (TPSA) is 87.0 Å². The van der Waals surface area contributed by atoms with Crippen molar-refractivity contribution >= 4 is 15.8 Å². The molecule has 0 bridgehead atoms. The van der Waals surface area contributed by atoms with Gasteiger partial charge in [-0.2, -0.15) is 9.98 Å². The van der Waals surface area contributed by atoms with Crippen LogP contribution in [0.1, 0.15) is 30.1 Å². The highest BCUT2D eigenvalue weighted by atomic mass is 32.2. The van der Waals surface area contributed by atoms with Gasteiger partial charge in [0.1, 0.15) is 6.04 Å². The fourth-order valence-electron chi connectivity index (χ4n) is 1.77. The Bertz CT molecular complexity index is 642. The average molecular weight is 278 g/mol. The van der Waals surface area contributed by atoms with E-state index in [4.69, 9.17) is 5.26 Å². The van der Waals surface area contributed by atoms with E-state index in [0.29, 0.717) is 5.56 Å². The predicted molar refractivity (Wildman–Crippen MR) is 68.9 cm³/mol. The van der Waals surface area contributed by atoms with Gasteiger partial charge in [0.05, 0.1) is 11.0 Å². The summed E-state index contributed by atoms with van der Waals surface area (Å²) >= 11 is 0. The molecule has 0 spiro atoms. The fraction of sp³-hybridized carbons (Fsp3) is 0.385. The van der Waals surface area contributed by atoms with E-state index in [1.165, 1.54) is 25.1 Å². The summed E-state index contributed by atoms with van der Waals surface area (Å²) in [5.74, 6) is -0.0909. The number of nitrogens with one attached hydrogen (secondary N) is 1. The van der Waals surface area contributed by atoms with Crippen molar-refractivity contribution in [2.24, 2.45) is 5.92 Å². The zero-order chi connectivity index (χ0) is 14.0. The number of hydrogen-bond donors (Lipinski definition) is 1. The molecule has 1 aliphatic carbocycles. The number of sulfonamides is 1. The summed E-state index contributed by atoms with van der Waals surface area (Å²) in [6, 6.07) is 7.10. The van der Waals surface area contributed by atoms with E-state index in [1.807, 2.05) is 6.07 Å². The van der Waals surface area contributed by atoms with Gasteiger partial charge in [-0.1, -0.05) is 12.1 Å². The first kappa shape index (κ1) is 13.7. The number of carbonyl (C=O) groups excluding carboxylic acids is 1. The van der Waals surface area contributed by atoms with E-state index in [1.54, 1.807) is 6.07 Å². The van der Waals surface area contributed by atoms with E-state index in [2.05, 4.69) is 4.72 Å². The molecule has 0 amide bonds. The normalized spacial score (nSPS) is 16.6. The smallest absolute Gasteiger partial charge is 0.241 e. The van der Waals surface area contributed by atoms with Crippen LogP contribution < -0.4 is 4.72 Å². The second kappa shape index (κ2) is 5.11. The maximum atomic E-state index is 12.1. The first-order valence-corrected chi connectivity index (χ1v) is 7.45. The van der Waals surface area contributed by atoms with E-state index >= 15 is 0 Å². The molecular formula is C13H14N2O3S. The molecule has 1 aliphatic rings. The Morgan fingerprint density at radius 1 is 1.47 bits per heavy atom. The van der Waals surface area contributed by atoms with Crippen molar-refractivity contribution in [3.05, 3.63) is 29.8 Å². The summed E-state index contributed by atoms with van der Waals surface area (Å²) in [5, 5.41) is 8.96. The highest BCUT2D eigenvalue weighted by molar-refractivity contribution is 7.89. The van der Waals surface area contributed by atoms with E-state index in [-0.39, 0.29) is 16.6 Å². The lowest BCUT2D eigenvalue weighted by Crippen LogP contribution is -2.35. The van der Waals surface area contributed by atoms with Crippen LogP contribution in [0.3, 0.4) is 0 Å². The Morgan fingerprint density at radius 3 is 2.68 bits per heavy atom. The van der Waals surface area contributed by atoms with Crippen molar-refractivity contribution in [1.82, 2.24) is 4.72 Å². The van der Waals surface area contributed by atoms with Crippen LogP contribution in [0.5, 0.6) is 0 Å². The number of nitriles is 1. The fourth-order valence-corrected chi connectivity index (χ4v) is 3.03. The highest BCUT2D eigenvalue weighted by Crippen LogP contribution is 2.33. The standard InChI is InChI=1S/C13H14N2O3S/c1-9(16)11-3-2-4-12(7-11)19(17,18)15-13(8-14)10-5-6-10/h2-4,7,10,13,15H,5-6H2,1H3. The molecule has 0 heterocycles. The minimum atomic E-state index is -3.76. The maximum absolute atomic E-state index is 12.1. The molecule has 0 radical (unpaired) electrons. The van der Waals surface area contributed by atoms with Crippen molar-refractivity contribution in [2.45, 2.75) is 30.7 Å². The molecule has 6 heteroatoms. The van der Waals surface area contributed by atoms with Crippen LogP contribution in [0.4, 0.5) is 0 Å². The third-order valence-corrected chi connectivity index (χ3v) is 4.50. The van der Waals surface area contributed by atoms with Crippen LogP contribution >= 0.6 is 0 Å². The largest absolute Gasteiger partial charge is 0.295 e. The monoisotopic (exact) mass is 278 g/mol. The van der Waals surface area contributed by atoms with Crippen LogP contribution in [0.25, 0.3) is 0 Å². The summed E-state index contributed by atoms with van der Waals surface area (Å²) in [4.78, 5) is 11.3. The Hall–Kier alpha value is -1.71. The van der Waals surface area contributed by atoms with Gasteiger partial charge in [0.25, 0.3) is 0 Å². The molecule has 1 aromatic rings. The molecular weight excluding hydrogens is 264 g/mol. The van der Waals surface area contributed by atoms with E-state index in [0.717, 1.165) is 12.8 Å². The molecule has 5 nitrogen and oxygen atoms in total. The number of benzene rings is 1. The molecule has 1 unspecified atom stereocenters. The van der Waals surface area contributed by atoms with Crippen LogP contribution in [0.15, 0.2) is 29.2 Å². The Kier molecular flexibility index (Phi) is 3.69. The second-order valence-electron chi connectivity index (χ2n) is 4.65. The van der Waals surface area contributed by atoms with Crippen LogP contribution in [0.2, 0.25) is 0 Å². The van der Waals surface area contributed by atoms with Crippen LogP contribution in [-0.2, 0) is 10.0 Å². The Labute approximate surface area is 112 Å². The van der Waals surface area contributed by atoms with Gasteiger partial charge in [-0.3, -0.25) is 4.79 Å². The molecule has 1 fully saturated rings. The molecule has 2 rings (SSSR count). The lowest BCUT2D eigenvalue weighted by Gasteiger charge is -2.11. The van der Waals surface area contributed by atoms with Crippen molar-refractivity contribution in [1.29, 1.82) is 5.26 Å². The van der Waals surface area contributed by atoms with Gasteiger partial charge in [-0.05, 0) is 37.8 Å². The molecule has 0 aliphatic heterocycles. The predicted octanol–water partition coefficient (Wildman–Crippen LogP) is 1.47. The maximum Gasteiger partial charge on any atom is 0.241 e. The molecule has 1 saturated carbocycles. The van der Waals surface area contributed by atoms with Gasteiger partial charge in [0.2, 0.25) is 10.0 Å². The lowest BCUT2D eigenvalue weighted by atomic mass is 10.2. The van der Waals surface area contributed by atoms with Crippen molar-refractivity contribution < 1.29 is 13.2 Å². The first-order valence-electron chi connectivity index (χ1n) is 5.97. The van der Waals surface area contributed by atoms with Gasteiger partial charge in [-0.15, -0.1) is 0 Å². The van der Waals surface area contributed by atoms with Crippen molar-refractivity contribution in [2.75, 3.05) is 0 Å². The minimum Gasteiger partial charge on any atom is -0.295 e. The van der Waals surface area contributed by atoms with Crippen molar-refractivity contribution in [3.8, 4) is 6.07 Å². The number of carbonyl (C=O) groups is 1. The number of nitrogens with zero attached hydrogens (tertiary/aromatic N) is 1. The van der Waals surface area contributed by atoms with Gasteiger partial charge >= 0.3 is 0 Å². The quantitative estimate of drug-likeness (QED) is 0.826. The van der Waals surface area contributed by atoms with Gasteiger partial charge in [-0.25, -0.2) is 8.42 Å². The zero-order valence-corrected chi connectivity index (χ0v) is 11.3. The number of hydrogen-bond acceptors (Lipinski definition) is 4. The highest BCUT2D eigenvalue weighted by Gasteiger charge is 2.34. The van der Waals surface area contributed by atoms with E-state index < -0.39 is 16.1 Å². The van der Waals surface area contributed by atoms with Crippen LogP contribution in [-0.4, -0.2) is 20.2 Å². The molecule has 1 atom stereocenters. The average Bonchev–Trinajstić information content (AvgIpc) is 3.20. The molecule has 19 heavy (non-hydrogen) atoms. The molecule has 0 aromatic heterocycles. The number of ketones is 1. The third-order valence-electron chi connectivity index (χ3n) is 3.07. The summed E-state index contributed by atoms with van der Waals surface area (Å²) < 4.78 is 26.7. The Balaban J connectivity index is 2.26. The third kappa shape index (κ3) is 3.19.